The average Bonchev–Trinajstić information content (AvgIpc) is 2.58. The topological polar surface area (TPSA) is 100 Å². The first-order valence-corrected chi connectivity index (χ1v) is 7.84. The summed E-state index contributed by atoms with van der Waals surface area (Å²) < 4.78 is 5.25. The zero-order chi connectivity index (χ0) is 17.5. The van der Waals surface area contributed by atoms with Crippen LogP contribution in [0.1, 0.15) is 23.7 Å². The van der Waals surface area contributed by atoms with Gasteiger partial charge in [-0.25, -0.2) is 0 Å². The number of carbonyl (C=O) groups excluding carboxylic acids is 2. The molecule has 1 atom stereocenters. The zero-order valence-electron chi connectivity index (χ0n) is 13.6. The van der Waals surface area contributed by atoms with Crippen LogP contribution in [0.15, 0.2) is 24.5 Å². The van der Waals surface area contributed by atoms with Crippen LogP contribution in [-0.4, -0.2) is 76.6 Å². The van der Waals surface area contributed by atoms with E-state index in [9.17, 15) is 14.4 Å². The SMILES string of the molecule is CCOCCN1CCN(C(=O)c2cccnc2)C(CC(=O)O)C1=O. The average molecular weight is 335 g/mol. The van der Waals surface area contributed by atoms with Crippen molar-refractivity contribution in [3.63, 3.8) is 0 Å². The Morgan fingerprint density at radius 3 is 2.83 bits per heavy atom. The lowest BCUT2D eigenvalue weighted by molar-refractivity contribution is -0.148. The highest BCUT2D eigenvalue weighted by Gasteiger charge is 2.38. The number of rotatable bonds is 7. The van der Waals surface area contributed by atoms with Gasteiger partial charge in [0.1, 0.15) is 6.04 Å². The molecule has 130 valence electrons. The van der Waals surface area contributed by atoms with Gasteiger partial charge in [0.2, 0.25) is 5.91 Å². The number of hydrogen-bond acceptors (Lipinski definition) is 5. The molecule has 1 aromatic heterocycles. The molecule has 0 radical (unpaired) electrons. The fourth-order valence-electron chi connectivity index (χ4n) is 2.64. The van der Waals surface area contributed by atoms with Gasteiger partial charge in [-0.3, -0.25) is 19.4 Å². The number of aromatic nitrogens is 1. The summed E-state index contributed by atoms with van der Waals surface area (Å²) in [4.78, 5) is 43.1. The number of ether oxygens (including phenoxy) is 1. The summed E-state index contributed by atoms with van der Waals surface area (Å²) in [5, 5.41) is 9.11. The predicted molar refractivity (Wildman–Crippen MR) is 84.4 cm³/mol. The van der Waals surface area contributed by atoms with E-state index in [-0.39, 0.29) is 18.4 Å². The van der Waals surface area contributed by atoms with Crippen molar-refractivity contribution >= 4 is 17.8 Å². The van der Waals surface area contributed by atoms with Gasteiger partial charge in [-0.15, -0.1) is 0 Å². The molecule has 1 N–H and O–H groups in total. The molecule has 1 saturated heterocycles. The normalized spacial score (nSPS) is 17.9. The van der Waals surface area contributed by atoms with E-state index in [1.807, 2.05) is 6.92 Å². The predicted octanol–water partition coefficient (Wildman–Crippen LogP) is 0.246. The molecule has 0 bridgehead atoms. The third-order valence-corrected chi connectivity index (χ3v) is 3.83. The summed E-state index contributed by atoms with van der Waals surface area (Å²) in [6.07, 6.45) is 2.53. The van der Waals surface area contributed by atoms with Crippen LogP contribution in [0.5, 0.6) is 0 Å². The minimum Gasteiger partial charge on any atom is -0.481 e. The number of pyridine rings is 1. The second-order valence-electron chi connectivity index (χ2n) is 5.38. The number of aliphatic carboxylic acids is 1. The maximum absolute atomic E-state index is 12.6. The largest absolute Gasteiger partial charge is 0.481 e. The minimum atomic E-state index is -1.12. The molecule has 2 amide bonds. The van der Waals surface area contributed by atoms with E-state index in [0.717, 1.165) is 0 Å². The Bertz CT molecular complexity index is 593. The van der Waals surface area contributed by atoms with Crippen LogP contribution in [0.4, 0.5) is 0 Å². The Morgan fingerprint density at radius 1 is 1.42 bits per heavy atom. The highest BCUT2D eigenvalue weighted by molar-refractivity contribution is 5.99. The third kappa shape index (κ3) is 4.29. The summed E-state index contributed by atoms with van der Waals surface area (Å²) in [6.45, 7) is 3.82. The van der Waals surface area contributed by atoms with Crippen LogP contribution in [-0.2, 0) is 14.3 Å². The van der Waals surface area contributed by atoms with Gasteiger partial charge >= 0.3 is 5.97 Å². The molecule has 1 aliphatic rings. The van der Waals surface area contributed by atoms with Crippen LogP contribution < -0.4 is 0 Å². The Labute approximate surface area is 140 Å². The first-order valence-electron chi connectivity index (χ1n) is 7.84. The fourth-order valence-corrected chi connectivity index (χ4v) is 2.64. The monoisotopic (exact) mass is 335 g/mol. The maximum atomic E-state index is 12.6. The number of carbonyl (C=O) groups is 3. The van der Waals surface area contributed by atoms with Gasteiger partial charge in [0.15, 0.2) is 0 Å². The summed E-state index contributed by atoms with van der Waals surface area (Å²) in [6, 6.07) is 2.21. The van der Waals surface area contributed by atoms with Crippen molar-refractivity contribution in [1.82, 2.24) is 14.8 Å². The van der Waals surface area contributed by atoms with Crippen LogP contribution in [0.3, 0.4) is 0 Å². The van der Waals surface area contributed by atoms with Gasteiger partial charge in [-0.05, 0) is 19.1 Å². The van der Waals surface area contributed by atoms with E-state index in [1.165, 1.54) is 11.1 Å². The maximum Gasteiger partial charge on any atom is 0.305 e. The lowest BCUT2D eigenvalue weighted by Crippen LogP contribution is -2.59. The van der Waals surface area contributed by atoms with Crippen LogP contribution in [0, 0.1) is 0 Å². The molecule has 2 heterocycles. The van der Waals surface area contributed by atoms with Crippen LogP contribution in [0.2, 0.25) is 0 Å². The lowest BCUT2D eigenvalue weighted by atomic mass is 10.1. The molecule has 8 nitrogen and oxygen atoms in total. The summed E-state index contributed by atoms with van der Waals surface area (Å²) in [5.41, 5.74) is 0.337. The van der Waals surface area contributed by atoms with Gasteiger partial charge in [0, 0.05) is 38.6 Å². The summed E-state index contributed by atoms with van der Waals surface area (Å²) in [5.74, 6) is -1.86. The van der Waals surface area contributed by atoms with E-state index in [4.69, 9.17) is 9.84 Å². The third-order valence-electron chi connectivity index (χ3n) is 3.83. The van der Waals surface area contributed by atoms with Gasteiger partial charge in [0.05, 0.1) is 18.6 Å². The van der Waals surface area contributed by atoms with Crippen LogP contribution >= 0.6 is 0 Å². The van der Waals surface area contributed by atoms with E-state index in [1.54, 1.807) is 23.2 Å². The van der Waals surface area contributed by atoms with Crippen molar-refractivity contribution < 1.29 is 24.2 Å². The molecule has 1 aromatic rings. The fraction of sp³-hybridized carbons (Fsp3) is 0.500. The first kappa shape index (κ1) is 17.9. The highest BCUT2D eigenvalue weighted by atomic mass is 16.5. The molecule has 1 aliphatic heterocycles. The Morgan fingerprint density at radius 2 is 2.21 bits per heavy atom. The number of hydrogen-bond donors (Lipinski definition) is 1. The standard InChI is InChI=1S/C16H21N3O5/c1-2-24-9-8-18-6-7-19(13(16(18)23)10-14(20)21)15(22)12-4-3-5-17-11-12/h3-5,11,13H,2,6-10H2,1H3,(H,20,21). The van der Waals surface area contributed by atoms with Crippen molar-refractivity contribution in [3.05, 3.63) is 30.1 Å². The van der Waals surface area contributed by atoms with Gasteiger partial charge in [-0.2, -0.15) is 0 Å². The molecule has 8 heteroatoms. The second-order valence-corrected chi connectivity index (χ2v) is 5.38. The zero-order valence-corrected chi connectivity index (χ0v) is 13.6. The van der Waals surface area contributed by atoms with E-state index < -0.39 is 18.4 Å². The summed E-state index contributed by atoms with van der Waals surface area (Å²) in [7, 11) is 0. The second kappa shape index (κ2) is 8.39. The number of amides is 2. The number of carboxylic acid groups (broad SMARTS) is 1. The van der Waals surface area contributed by atoms with Crippen molar-refractivity contribution in [1.29, 1.82) is 0 Å². The number of piperazine rings is 1. The van der Waals surface area contributed by atoms with Gasteiger partial charge < -0.3 is 19.6 Å². The van der Waals surface area contributed by atoms with Crippen LogP contribution in [0.25, 0.3) is 0 Å². The van der Waals surface area contributed by atoms with E-state index in [0.29, 0.717) is 31.9 Å². The van der Waals surface area contributed by atoms with E-state index >= 15 is 0 Å². The molecular formula is C16H21N3O5. The molecular weight excluding hydrogens is 314 g/mol. The smallest absolute Gasteiger partial charge is 0.305 e. The molecule has 0 aliphatic carbocycles. The molecule has 0 spiro atoms. The molecule has 24 heavy (non-hydrogen) atoms. The molecule has 0 saturated carbocycles. The van der Waals surface area contributed by atoms with Crippen molar-refractivity contribution in [2.24, 2.45) is 0 Å². The lowest BCUT2D eigenvalue weighted by Gasteiger charge is -2.40. The molecule has 2 rings (SSSR count). The van der Waals surface area contributed by atoms with Crippen molar-refractivity contribution in [2.75, 3.05) is 32.8 Å². The number of carboxylic acids is 1. The first-order chi connectivity index (χ1) is 11.5. The van der Waals surface area contributed by atoms with E-state index in [2.05, 4.69) is 4.98 Å². The van der Waals surface area contributed by atoms with Crippen molar-refractivity contribution in [2.45, 2.75) is 19.4 Å². The van der Waals surface area contributed by atoms with Gasteiger partial charge in [-0.1, -0.05) is 0 Å². The van der Waals surface area contributed by atoms with Crippen molar-refractivity contribution in [3.8, 4) is 0 Å². The summed E-state index contributed by atoms with van der Waals surface area (Å²) >= 11 is 0. The Balaban J connectivity index is 2.14. The number of nitrogens with zero attached hydrogens (tertiary/aromatic N) is 3. The minimum absolute atomic E-state index is 0.281. The molecule has 0 aromatic carbocycles. The molecule has 1 fully saturated rings. The molecule has 1 unspecified atom stereocenters. The van der Waals surface area contributed by atoms with Gasteiger partial charge in [0.25, 0.3) is 5.91 Å². The Hall–Kier alpha value is -2.48. The highest BCUT2D eigenvalue weighted by Crippen LogP contribution is 2.18. The Kier molecular flexibility index (Phi) is 6.25. The quantitative estimate of drug-likeness (QED) is 0.717.